The molecular formula is C19H23N5O. The number of aromatic nitrogens is 2. The van der Waals surface area contributed by atoms with Crippen LogP contribution in [-0.4, -0.2) is 33.2 Å². The third-order valence-electron chi connectivity index (χ3n) is 4.48. The molecule has 1 heterocycles. The first kappa shape index (κ1) is 17.0. The van der Waals surface area contributed by atoms with E-state index in [-0.39, 0.29) is 5.91 Å². The predicted molar refractivity (Wildman–Crippen MR) is 96.2 cm³/mol. The van der Waals surface area contributed by atoms with Crippen molar-refractivity contribution in [3.8, 4) is 11.8 Å². The normalized spacial score (nSPS) is 13.7. The van der Waals surface area contributed by atoms with Crippen LogP contribution in [0.25, 0.3) is 5.69 Å². The Morgan fingerprint density at radius 2 is 2.08 bits per heavy atom. The number of benzene rings is 1. The molecule has 1 aromatic carbocycles. The van der Waals surface area contributed by atoms with Crippen molar-refractivity contribution in [2.24, 2.45) is 5.92 Å². The van der Waals surface area contributed by atoms with Crippen LogP contribution in [0.2, 0.25) is 0 Å². The van der Waals surface area contributed by atoms with E-state index in [9.17, 15) is 4.79 Å². The quantitative estimate of drug-likeness (QED) is 0.877. The van der Waals surface area contributed by atoms with E-state index < -0.39 is 0 Å². The average Bonchev–Trinajstić information content (AvgIpc) is 3.37. The number of hydrogen-bond donors (Lipinski definition) is 1. The number of nitriles is 1. The van der Waals surface area contributed by atoms with E-state index in [4.69, 9.17) is 11.0 Å². The first-order chi connectivity index (χ1) is 12.0. The Hall–Kier alpha value is -2.81. The topological polar surface area (TPSA) is 87.9 Å². The molecule has 1 aliphatic carbocycles. The molecule has 0 bridgehead atoms. The molecule has 1 fully saturated rings. The van der Waals surface area contributed by atoms with Gasteiger partial charge in [-0.05, 0) is 49.4 Å². The first-order valence-corrected chi connectivity index (χ1v) is 8.66. The number of nitrogen functional groups attached to an aromatic ring is 1. The molecule has 130 valence electrons. The lowest BCUT2D eigenvalue weighted by molar-refractivity contribution is 0.0735. The molecule has 6 nitrogen and oxygen atoms in total. The Balaban J connectivity index is 1.77. The minimum atomic E-state index is 0.0841. The Morgan fingerprint density at radius 1 is 1.40 bits per heavy atom. The summed E-state index contributed by atoms with van der Waals surface area (Å²) in [7, 11) is 0. The van der Waals surface area contributed by atoms with Crippen LogP contribution < -0.4 is 5.73 Å². The van der Waals surface area contributed by atoms with E-state index in [1.807, 2.05) is 23.1 Å². The highest BCUT2D eigenvalue weighted by Gasteiger charge is 2.32. The summed E-state index contributed by atoms with van der Waals surface area (Å²) in [4.78, 5) is 14.8. The van der Waals surface area contributed by atoms with E-state index in [2.05, 4.69) is 18.9 Å². The number of rotatable bonds is 6. The van der Waals surface area contributed by atoms with Crippen LogP contribution in [0.5, 0.6) is 0 Å². The molecule has 2 N–H and O–H groups in total. The summed E-state index contributed by atoms with van der Waals surface area (Å²) in [6.07, 6.45) is 4.65. The van der Waals surface area contributed by atoms with Gasteiger partial charge < -0.3 is 10.6 Å². The number of anilines is 1. The van der Waals surface area contributed by atoms with Gasteiger partial charge in [0.25, 0.3) is 5.91 Å². The van der Waals surface area contributed by atoms with Gasteiger partial charge in [0.1, 0.15) is 17.5 Å². The summed E-state index contributed by atoms with van der Waals surface area (Å²) in [5, 5.41) is 13.1. The fraction of sp³-hybridized carbons (Fsp3) is 0.421. The number of amides is 1. The molecule has 0 radical (unpaired) electrons. The second-order valence-electron chi connectivity index (χ2n) is 6.93. The molecule has 25 heavy (non-hydrogen) atoms. The molecule has 1 saturated carbocycles. The highest BCUT2D eigenvalue weighted by atomic mass is 16.2. The monoisotopic (exact) mass is 337 g/mol. The van der Waals surface area contributed by atoms with Crippen LogP contribution in [-0.2, 0) is 0 Å². The van der Waals surface area contributed by atoms with E-state index in [1.165, 1.54) is 10.9 Å². The zero-order valence-electron chi connectivity index (χ0n) is 14.6. The zero-order chi connectivity index (χ0) is 18.0. The molecular weight excluding hydrogens is 314 g/mol. The number of nitrogens with two attached hydrogens (primary N) is 1. The second kappa shape index (κ2) is 6.98. The van der Waals surface area contributed by atoms with E-state index >= 15 is 0 Å². The van der Waals surface area contributed by atoms with Gasteiger partial charge in [-0.25, -0.2) is 4.68 Å². The van der Waals surface area contributed by atoms with Crippen LogP contribution in [0.4, 0.5) is 5.82 Å². The summed E-state index contributed by atoms with van der Waals surface area (Å²) in [6.45, 7) is 5.16. The number of carbonyl (C=O) groups is 1. The highest BCUT2D eigenvalue weighted by molar-refractivity contribution is 5.94. The molecule has 1 aromatic heterocycles. The summed E-state index contributed by atoms with van der Waals surface area (Å²) in [5.41, 5.74) is 7.66. The number of carbonyl (C=O) groups excluding carboxylic acids is 1. The standard InChI is InChI=1S/C19H23N5O/c1-13(2)9-10-23(16-7-8-16)19(25)14-3-5-17(6-4-14)24-18(21)15(11-20)12-22-24/h3-6,12-13,16H,7-10,21H2,1-2H3. The minimum absolute atomic E-state index is 0.0841. The Morgan fingerprint density at radius 3 is 2.60 bits per heavy atom. The van der Waals surface area contributed by atoms with Crippen LogP contribution in [0.3, 0.4) is 0 Å². The third-order valence-corrected chi connectivity index (χ3v) is 4.48. The summed E-state index contributed by atoms with van der Waals surface area (Å²) < 4.78 is 1.50. The zero-order valence-corrected chi connectivity index (χ0v) is 14.6. The molecule has 0 unspecified atom stereocenters. The van der Waals surface area contributed by atoms with Crippen LogP contribution in [0.1, 0.15) is 49.0 Å². The van der Waals surface area contributed by atoms with E-state index in [1.54, 1.807) is 12.1 Å². The van der Waals surface area contributed by atoms with Gasteiger partial charge in [0.15, 0.2) is 0 Å². The minimum Gasteiger partial charge on any atom is -0.382 e. The maximum absolute atomic E-state index is 12.8. The van der Waals surface area contributed by atoms with Gasteiger partial charge in [0.2, 0.25) is 0 Å². The Bertz CT molecular complexity index is 796. The summed E-state index contributed by atoms with van der Waals surface area (Å²) in [5.74, 6) is 0.965. The van der Waals surface area contributed by atoms with Crippen molar-refractivity contribution in [3.63, 3.8) is 0 Å². The maximum atomic E-state index is 12.8. The second-order valence-corrected chi connectivity index (χ2v) is 6.93. The van der Waals surface area contributed by atoms with Gasteiger partial charge in [-0.2, -0.15) is 10.4 Å². The fourth-order valence-corrected chi connectivity index (χ4v) is 2.79. The van der Waals surface area contributed by atoms with Crippen molar-refractivity contribution in [2.75, 3.05) is 12.3 Å². The van der Waals surface area contributed by atoms with Gasteiger partial charge in [-0.15, -0.1) is 0 Å². The molecule has 1 aliphatic rings. The van der Waals surface area contributed by atoms with Gasteiger partial charge in [-0.3, -0.25) is 4.79 Å². The molecule has 0 atom stereocenters. The van der Waals surface area contributed by atoms with Crippen LogP contribution in [0.15, 0.2) is 30.5 Å². The molecule has 0 saturated heterocycles. The Kier molecular flexibility index (Phi) is 4.75. The molecule has 2 aromatic rings. The first-order valence-electron chi connectivity index (χ1n) is 8.66. The molecule has 3 rings (SSSR count). The maximum Gasteiger partial charge on any atom is 0.254 e. The van der Waals surface area contributed by atoms with Crippen molar-refractivity contribution >= 4 is 11.7 Å². The SMILES string of the molecule is CC(C)CCN(C(=O)c1ccc(-n2ncc(C#N)c2N)cc1)C1CC1. The average molecular weight is 337 g/mol. The number of hydrogen-bond acceptors (Lipinski definition) is 4. The smallest absolute Gasteiger partial charge is 0.254 e. The molecule has 6 heteroatoms. The van der Waals surface area contributed by atoms with Gasteiger partial charge in [0, 0.05) is 18.2 Å². The summed E-state index contributed by atoms with van der Waals surface area (Å²) >= 11 is 0. The highest BCUT2D eigenvalue weighted by Crippen LogP contribution is 2.29. The predicted octanol–water partition coefficient (Wildman–Crippen LogP) is 2.98. The third kappa shape index (κ3) is 3.66. The fourth-order valence-electron chi connectivity index (χ4n) is 2.79. The molecule has 1 amide bonds. The van der Waals surface area contributed by atoms with Crippen molar-refractivity contribution in [3.05, 3.63) is 41.6 Å². The van der Waals surface area contributed by atoms with Crippen molar-refractivity contribution < 1.29 is 4.79 Å². The van der Waals surface area contributed by atoms with Crippen LogP contribution in [0, 0.1) is 17.2 Å². The van der Waals surface area contributed by atoms with Crippen molar-refractivity contribution in [1.82, 2.24) is 14.7 Å². The summed E-state index contributed by atoms with van der Waals surface area (Å²) in [6, 6.07) is 9.62. The van der Waals surface area contributed by atoms with Gasteiger partial charge in [0.05, 0.1) is 11.9 Å². The lowest BCUT2D eigenvalue weighted by Crippen LogP contribution is -2.34. The van der Waals surface area contributed by atoms with E-state index in [0.29, 0.717) is 28.9 Å². The van der Waals surface area contributed by atoms with Gasteiger partial charge in [-0.1, -0.05) is 13.8 Å². The molecule has 0 aliphatic heterocycles. The number of nitrogens with zero attached hydrogens (tertiary/aromatic N) is 4. The largest absolute Gasteiger partial charge is 0.382 e. The lowest BCUT2D eigenvalue weighted by Gasteiger charge is -2.23. The Labute approximate surface area is 147 Å². The van der Waals surface area contributed by atoms with Gasteiger partial charge >= 0.3 is 0 Å². The van der Waals surface area contributed by atoms with Crippen LogP contribution >= 0.6 is 0 Å². The lowest BCUT2D eigenvalue weighted by atomic mass is 10.1. The molecule has 0 spiro atoms. The van der Waals surface area contributed by atoms with Crippen molar-refractivity contribution in [1.29, 1.82) is 5.26 Å². The van der Waals surface area contributed by atoms with E-state index in [0.717, 1.165) is 31.5 Å². The van der Waals surface area contributed by atoms with Crippen molar-refractivity contribution in [2.45, 2.75) is 39.2 Å².